The number of carbonyl (C=O) groups is 1. The molecule has 192 valence electrons. The Hall–Kier alpha value is -3.30. The van der Waals surface area contributed by atoms with E-state index < -0.39 is 0 Å². The maximum absolute atomic E-state index is 12.7. The Morgan fingerprint density at radius 1 is 1.05 bits per heavy atom. The molecule has 0 radical (unpaired) electrons. The molecule has 5 rings (SSSR count). The number of ether oxygens (including phenoxy) is 4. The summed E-state index contributed by atoms with van der Waals surface area (Å²) in [5, 5.41) is 6.34. The minimum absolute atomic E-state index is 0.120. The molecule has 7 nitrogen and oxygen atoms in total. The molecule has 1 saturated heterocycles. The molecule has 9 heteroatoms. The molecule has 1 fully saturated rings. The second-order valence-electron chi connectivity index (χ2n) is 8.41. The lowest BCUT2D eigenvalue weighted by molar-refractivity contribution is -0.116. The van der Waals surface area contributed by atoms with Gasteiger partial charge in [-0.15, -0.1) is 0 Å². The van der Waals surface area contributed by atoms with Crippen LogP contribution in [-0.2, 0) is 17.8 Å². The van der Waals surface area contributed by atoms with Crippen LogP contribution in [0.25, 0.3) is 6.08 Å². The fraction of sp³-hybridized carbons (Fsp3) is 0.250. The third-order valence-corrected chi connectivity index (χ3v) is 7.46. The summed E-state index contributed by atoms with van der Waals surface area (Å²) in [6, 6.07) is 17.8. The first kappa shape index (κ1) is 25.4. The number of benzene rings is 3. The minimum atomic E-state index is -0.245. The van der Waals surface area contributed by atoms with E-state index in [9.17, 15) is 4.79 Å². The first-order chi connectivity index (χ1) is 18.0. The van der Waals surface area contributed by atoms with Gasteiger partial charge in [0.15, 0.2) is 28.5 Å². The molecule has 2 aliphatic heterocycles. The van der Waals surface area contributed by atoms with Crippen LogP contribution in [0.3, 0.4) is 0 Å². The number of thioether (sulfide) groups is 1. The van der Waals surface area contributed by atoms with E-state index in [0.717, 1.165) is 33.5 Å². The lowest BCUT2D eigenvalue weighted by Crippen LogP contribution is -2.30. The highest BCUT2D eigenvalue weighted by Crippen LogP contribution is 2.40. The number of amides is 1. The Morgan fingerprint density at radius 2 is 1.84 bits per heavy atom. The van der Waals surface area contributed by atoms with Crippen LogP contribution in [0.5, 0.6) is 23.0 Å². The molecular weight excluding hydrogens is 556 g/mol. The number of anilines is 1. The number of fused-ring (bicyclic) bond motifs is 1. The third-order valence-electron chi connectivity index (χ3n) is 5.84. The lowest BCUT2D eigenvalue weighted by atomic mass is 10.1. The van der Waals surface area contributed by atoms with Gasteiger partial charge in [0, 0.05) is 5.69 Å². The van der Waals surface area contributed by atoms with Crippen LogP contribution in [0, 0.1) is 0 Å². The second kappa shape index (κ2) is 11.4. The van der Waals surface area contributed by atoms with Crippen molar-refractivity contribution < 1.29 is 23.7 Å². The first-order valence-corrected chi connectivity index (χ1v) is 13.7. The summed E-state index contributed by atoms with van der Waals surface area (Å²) in [5.74, 6) is 2.52. The molecule has 2 N–H and O–H groups in total. The van der Waals surface area contributed by atoms with E-state index >= 15 is 0 Å². The summed E-state index contributed by atoms with van der Waals surface area (Å²) in [5.41, 5.74) is 3.77. The van der Waals surface area contributed by atoms with E-state index in [1.54, 1.807) is 0 Å². The normalized spacial score (nSPS) is 17.1. The van der Waals surface area contributed by atoms with Crippen LogP contribution in [0.2, 0.25) is 0 Å². The van der Waals surface area contributed by atoms with Gasteiger partial charge in [-0.1, -0.05) is 36.9 Å². The fourth-order valence-electron chi connectivity index (χ4n) is 3.97. The summed E-state index contributed by atoms with van der Waals surface area (Å²) in [7, 11) is 0. The van der Waals surface area contributed by atoms with Crippen LogP contribution in [0.15, 0.2) is 64.0 Å². The summed E-state index contributed by atoms with van der Waals surface area (Å²) in [4.78, 5) is 13.3. The van der Waals surface area contributed by atoms with Crippen LogP contribution in [0.4, 0.5) is 5.69 Å². The van der Waals surface area contributed by atoms with E-state index in [4.69, 9.17) is 18.9 Å². The zero-order valence-electron chi connectivity index (χ0n) is 20.5. The van der Waals surface area contributed by atoms with Gasteiger partial charge in [-0.2, -0.15) is 0 Å². The van der Waals surface area contributed by atoms with Gasteiger partial charge in [-0.3, -0.25) is 4.79 Å². The molecule has 3 aromatic carbocycles. The van der Waals surface area contributed by atoms with Gasteiger partial charge < -0.3 is 29.6 Å². The molecule has 0 unspecified atom stereocenters. The Kier molecular flexibility index (Phi) is 7.81. The molecule has 2 aliphatic rings. The maximum Gasteiger partial charge on any atom is 0.260 e. The largest absolute Gasteiger partial charge is 0.490 e. The molecule has 1 atom stereocenters. The van der Waals surface area contributed by atoms with Crippen LogP contribution < -0.4 is 29.6 Å². The minimum Gasteiger partial charge on any atom is -0.490 e. The van der Waals surface area contributed by atoms with Gasteiger partial charge in [0.25, 0.3) is 5.91 Å². The predicted molar refractivity (Wildman–Crippen MR) is 149 cm³/mol. The molecular formula is C28H27BrN2O5S. The third kappa shape index (κ3) is 5.99. The van der Waals surface area contributed by atoms with Gasteiger partial charge in [-0.25, -0.2) is 0 Å². The number of nitrogens with one attached hydrogen (secondary N) is 2. The van der Waals surface area contributed by atoms with Crippen molar-refractivity contribution in [1.29, 1.82) is 0 Å². The number of carbonyl (C=O) groups excluding carboxylic acids is 1. The maximum atomic E-state index is 12.7. The van der Waals surface area contributed by atoms with Crippen molar-refractivity contribution >= 4 is 45.4 Å². The average molecular weight is 584 g/mol. The Bertz CT molecular complexity index is 1330. The van der Waals surface area contributed by atoms with Crippen molar-refractivity contribution in [2.75, 3.05) is 18.7 Å². The Morgan fingerprint density at radius 3 is 2.62 bits per heavy atom. The van der Waals surface area contributed by atoms with Gasteiger partial charge >= 0.3 is 0 Å². The van der Waals surface area contributed by atoms with E-state index in [2.05, 4.69) is 45.6 Å². The van der Waals surface area contributed by atoms with Gasteiger partial charge in [0.05, 0.1) is 16.0 Å². The molecule has 0 spiro atoms. The van der Waals surface area contributed by atoms with Crippen LogP contribution >= 0.6 is 27.7 Å². The van der Waals surface area contributed by atoms with Gasteiger partial charge in [-0.05, 0) is 88.4 Å². The standard InChI is InChI=1S/C28H27BrN2O5S/c1-3-17-5-8-20(9-6-17)30-28-31-27(32)25(37-28)14-19-11-21(29)26(24(13-19)33-4-2)34-15-18-7-10-22-23(12-18)36-16-35-22/h5-14,28,30H,3-4,15-16H2,1-2H3,(H,31,32)/b25-14-/t28-/m0/s1. The number of hydrogen-bond acceptors (Lipinski definition) is 7. The molecule has 1 amide bonds. The van der Waals surface area contributed by atoms with Crippen molar-refractivity contribution in [3.63, 3.8) is 0 Å². The van der Waals surface area contributed by atoms with Crippen molar-refractivity contribution in [1.82, 2.24) is 5.32 Å². The van der Waals surface area contributed by atoms with Gasteiger partial charge in [0.1, 0.15) is 6.61 Å². The molecule has 3 aromatic rings. The topological polar surface area (TPSA) is 78.1 Å². The van der Waals surface area contributed by atoms with E-state index in [-0.39, 0.29) is 18.2 Å². The highest BCUT2D eigenvalue weighted by Gasteiger charge is 2.27. The molecule has 0 saturated carbocycles. The zero-order chi connectivity index (χ0) is 25.8. The lowest BCUT2D eigenvalue weighted by Gasteiger charge is -2.15. The SMILES string of the molecule is CCOc1cc(/C=C2\S[C@@H](Nc3ccc(CC)cc3)NC2=O)cc(Br)c1OCc1ccc2c(c1)OCO2. The van der Waals surface area contributed by atoms with Gasteiger partial charge in [0.2, 0.25) is 6.79 Å². The Labute approximate surface area is 228 Å². The Balaban J connectivity index is 1.30. The summed E-state index contributed by atoms with van der Waals surface area (Å²) in [6.45, 7) is 5.09. The number of rotatable bonds is 9. The highest BCUT2D eigenvalue weighted by atomic mass is 79.9. The first-order valence-electron chi connectivity index (χ1n) is 12.0. The smallest absolute Gasteiger partial charge is 0.260 e. The second-order valence-corrected chi connectivity index (χ2v) is 10.4. The molecule has 0 aromatic heterocycles. The quantitative estimate of drug-likeness (QED) is 0.286. The van der Waals surface area contributed by atoms with Crippen molar-refractivity contribution in [2.24, 2.45) is 0 Å². The zero-order valence-corrected chi connectivity index (χ0v) is 22.9. The summed E-state index contributed by atoms with van der Waals surface area (Å²) in [6.07, 6.45) is 2.85. The average Bonchev–Trinajstić information content (AvgIpc) is 3.49. The molecule has 0 aliphatic carbocycles. The van der Waals surface area contributed by atoms with E-state index in [0.29, 0.717) is 35.4 Å². The molecule has 2 heterocycles. The molecule has 37 heavy (non-hydrogen) atoms. The number of halogens is 1. The monoisotopic (exact) mass is 582 g/mol. The van der Waals surface area contributed by atoms with E-state index in [1.807, 2.05) is 55.5 Å². The number of hydrogen-bond donors (Lipinski definition) is 2. The number of aryl methyl sites for hydroxylation is 1. The van der Waals surface area contributed by atoms with Crippen LogP contribution in [0.1, 0.15) is 30.5 Å². The molecule has 0 bridgehead atoms. The van der Waals surface area contributed by atoms with Crippen molar-refractivity contribution in [3.8, 4) is 23.0 Å². The van der Waals surface area contributed by atoms with Crippen molar-refractivity contribution in [2.45, 2.75) is 32.4 Å². The summed E-state index contributed by atoms with van der Waals surface area (Å²) < 4.78 is 23.6. The predicted octanol–water partition coefficient (Wildman–Crippen LogP) is 6.32. The van der Waals surface area contributed by atoms with Crippen molar-refractivity contribution in [3.05, 3.63) is 80.7 Å². The fourth-order valence-corrected chi connectivity index (χ4v) is 5.52. The van der Waals surface area contributed by atoms with Crippen LogP contribution in [-0.4, -0.2) is 24.8 Å². The van der Waals surface area contributed by atoms with E-state index in [1.165, 1.54) is 17.3 Å². The summed E-state index contributed by atoms with van der Waals surface area (Å²) >= 11 is 5.07. The highest BCUT2D eigenvalue weighted by molar-refractivity contribution is 9.10.